The molecular weight excluding hydrogens is 264 g/mol. The van der Waals surface area contributed by atoms with Gasteiger partial charge in [-0.05, 0) is 30.4 Å². The van der Waals surface area contributed by atoms with Gasteiger partial charge in [-0.1, -0.05) is 32.0 Å². The normalized spacial score (nSPS) is 10.8. The SMILES string of the molecule is CCCC(=O)c1ccc([O])c2c(C(=O)CCC)cccc12. The van der Waals surface area contributed by atoms with Crippen LogP contribution in [0.5, 0.6) is 5.75 Å². The van der Waals surface area contributed by atoms with Gasteiger partial charge in [-0.15, -0.1) is 0 Å². The van der Waals surface area contributed by atoms with E-state index in [0.717, 1.165) is 12.8 Å². The second-order valence-electron chi connectivity index (χ2n) is 5.19. The predicted molar refractivity (Wildman–Crippen MR) is 82.6 cm³/mol. The Hall–Kier alpha value is -2.16. The number of Topliss-reactive ketones (excluding diaryl/α,β-unsaturated/α-hetero) is 2. The van der Waals surface area contributed by atoms with Crippen molar-refractivity contribution in [3.05, 3.63) is 41.5 Å². The molecule has 0 aromatic heterocycles. The van der Waals surface area contributed by atoms with Crippen molar-refractivity contribution >= 4 is 22.3 Å². The van der Waals surface area contributed by atoms with Gasteiger partial charge >= 0.3 is 0 Å². The standard InChI is InChI=1S/C18H19O3/c1-3-6-15(19)12-10-11-17(21)18-13(12)8-5-9-14(18)16(20)7-4-2/h5,8-11H,3-4,6-7H2,1-2H3. The van der Waals surface area contributed by atoms with E-state index in [1.165, 1.54) is 6.07 Å². The number of rotatable bonds is 6. The van der Waals surface area contributed by atoms with Gasteiger partial charge in [-0.25, -0.2) is 0 Å². The number of carbonyl (C=O) groups is 2. The fourth-order valence-corrected chi connectivity index (χ4v) is 2.57. The summed E-state index contributed by atoms with van der Waals surface area (Å²) < 4.78 is 0. The molecule has 2 aromatic rings. The molecule has 0 aliphatic heterocycles. The zero-order valence-electron chi connectivity index (χ0n) is 12.4. The molecule has 0 fully saturated rings. The summed E-state index contributed by atoms with van der Waals surface area (Å²) in [7, 11) is 0. The highest BCUT2D eigenvalue weighted by atomic mass is 16.3. The molecule has 0 aliphatic rings. The van der Waals surface area contributed by atoms with Crippen LogP contribution in [0.1, 0.15) is 60.2 Å². The first-order valence-electron chi connectivity index (χ1n) is 7.39. The third-order valence-corrected chi connectivity index (χ3v) is 3.56. The van der Waals surface area contributed by atoms with E-state index in [9.17, 15) is 14.7 Å². The van der Waals surface area contributed by atoms with Crippen LogP contribution in [-0.2, 0) is 5.11 Å². The van der Waals surface area contributed by atoms with Crippen LogP contribution < -0.4 is 0 Å². The Morgan fingerprint density at radius 2 is 1.48 bits per heavy atom. The highest BCUT2D eigenvalue weighted by Gasteiger charge is 2.17. The quantitative estimate of drug-likeness (QED) is 0.704. The molecule has 0 atom stereocenters. The Morgan fingerprint density at radius 3 is 2.10 bits per heavy atom. The lowest BCUT2D eigenvalue weighted by Gasteiger charge is -2.10. The number of ketones is 2. The fourth-order valence-electron chi connectivity index (χ4n) is 2.57. The largest absolute Gasteiger partial charge is 0.294 e. The van der Waals surface area contributed by atoms with Gasteiger partial charge in [0, 0.05) is 29.4 Å². The smallest absolute Gasteiger partial charge is 0.187 e. The third-order valence-electron chi connectivity index (χ3n) is 3.56. The topological polar surface area (TPSA) is 54.0 Å². The molecule has 0 unspecified atom stereocenters. The molecule has 0 aliphatic carbocycles. The molecule has 3 heteroatoms. The number of carbonyl (C=O) groups excluding carboxylic acids is 2. The molecule has 0 spiro atoms. The molecule has 1 radical (unpaired) electrons. The number of hydrogen-bond donors (Lipinski definition) is 0. The van der Waals surface area contributed by atoms with Gasteiger partial charge < -0.3 is 0 Å². The van der Waals surface area contributed by atoms with Gasteiger partial charge in [0.2, 0.25) is 0 Å². The van der Waals surface area contributed by atoms with E-state index < -0.39 is 0 Å². The van der Waals surface area contributed by atoms with Gasteiger partial charge in [-0.3, -0.25) is 14.7 Å². The highest BCUT2D eigenvalue weighted by Crippen LogP contribution is 2.32. The minimum absolute atomic E-state index is 0.0163. The van der Waals surface area contributed by atoms with E-state index in [1.54, 1.807) is 24.3 Å². The van der Waals surface area contributed by atoms with E-state index in [-0.39, 0.29) is 17.3 Å². The average Bonchev–Trinajstić information content (AvgIpc) is 2.47. The van der Waals surface area contributed by atoms with Crippen molar-refractivity contribution < 1.29 is 14.7 Å². The summed E-state index contributed by atoms with van der Waals surface area (Å²) in [5, 5.41) is 13.2. The minimum Gasteiger partial charge on any atom is -0.294 e. The van der Waals surface area contributed by atoms with Crippen LogP contribution in [0.2, 0.25) is 0 Å². The Morgan fingerprint density at radius 1 is 0.857 bits per heavy atom. The van der Waals surface area contributed by atoms with Gasteiger partial charge in [0.05, 0.1) is 0 Å². The molecule has 0 amide bonds. The molecule has 2 rings (SSSR count). The van der Waals surface area contributed by atoms with Crippen LogP contribution in [0.15, 0.2) is 30.3 Å². The van der Waals surface area contributed by atoms with Gasteiger partial charge in [0.1, 0.15) is 0 Å². The summed E-state index contributed by atoms with van der Waals surface area (Å²) >= 11 is 0. The lowest BCUT2D eigenvalue weighted by Crippen LogP contribution is -2.03. The van der Waals surface area contributed by atoms with Crippen molar-refractivity contribution in [2.45, 2.75) is 39.5 Å². The summed E-state index contributed by atoms with van der Waals surface area (Å²) in [5.74, 6) is -0.221. The lowest BCUT2D eigenvalue weighted by molar-refractivity contribution is 0.0973. The zero-order chi connectivity index (χ0) is 15.4. The van der Waals surface area contributed by atoms with Crippen LogP contribution in [0.25, 0.3) is 10.8 Å². The Bertz CT molecular complexity index is 686. The van der Waals surface area contributed by atoms with Crippen LogP contribution >= 0.6 is 0 Å². The van der Waals surface area contributed by atoms with Crippen LogP contribution in [0.4, 0.5) is 0 Å². The summed E-state index contributed by atoms with van der Waals surface area (Å²) in [6, 6.07) is 8.15. The highest BCUT2D eigenvalue weighted by molar-refractivity contribution is 6.16. The zero-order valence-corrected chi connectivity index (χ0v) is 12.4. The lowest BCUT2D eigenvalue weighted by atomic mass is 9.93. The maximum atomic E-state index is 12.2. The van der Waals surface area contributed by atoms with Crippen molar-refractivity contribution in [3.63, 3.8) is 0 Å². The summed E-state index contributed by atoms with van der Waals surface area (Å²) in [4.78, 5) is 24.4. The first-order valence-corrected chi connectivity index (χ1v) is 7.39. The monoisotopic (exact) mass is 283 g/mol. The van der Waals surface area contributed by atoms with E-state index in [2.05, 4.69) is 0 Å². The summed E-state index contributed by atoms with van der Waals surface area (Å²) in [6.07, 6.45) is 2.35. The van der Waals surface area contributed by atoms with Crippen molar-refractivity contribution in [1.82, 2.24) is 0 Å². The van der Waals surface area contributed by atoms with Crippen LogP contribution in [0, 0.1) is 0 Å². The van der Waals surface area contributed by atoms with E-state index in [4.69, 9.17) is 0 Å². The van der Waals surface area contributed by atoms with Gasteiger partial charge in [-0.2, -0.15) is 0 Å². The molecule has 2 aromatic carbocycles. The number of fused-ring (bicyclic) bond motifs is 1. The van der Waals surface area contributed by atoms with Crippen molar-refractivity contribution in [2.75, 3.05) is 0 Å². The molecule has 0 bridgehead atoms. The fraction of sp³-hybridized carbons (Fsp3) is 0.333. The molecule has 0 N–H and O–H groups in total. The molecule has 0 heterocycles. The molecular formula is C18H19O3. The number of benzene rings is 2. The minimum atomic E-state index is -0.196. The van der Waals surface area contributed by atoms with Gasteiger partial charge in [0.25, 0.3) is 0 Å². The Kier molecular flexibility index (Phi) is 4.73. The van der Waals surface area contributed by atoms with Crippen LogP contribution in [0.3, 0.4) is 0 Å². The molecule has 0 saturated heterocycles. The second kappa shape index (κ2) is 6.53. The average molecular weight is 283 g/mol. The predicted octanol–water partition coefficient (Wildman–Crippen LogP) is 4.95. The van der Waals surface area contributed by atoms with E-state index in [0.29, 0.717) is 34.7 Å². The molecule has 3 nitrogen and oxygen atoms in total. The maximum absolute atomic E-state index is 12.2. The van der Waals surface area contributed by atoms with E-state index in [1.807, 2.05) is 13.8 Å². The summed E-state index contributed by atoms with van der Waals surface area (Å²) in [6.45, 7) is 3.87. The molecule has 109 valence electrons. The van der Waals surface area contributed by atoms with Crippen molar-refractivity contribution in [1.29, 1.82) is 0 Å². The first kappa shape index (κ1) is 15.2. The molecule has 0 saturated carbocycles. The van der Waals surface area contributed by atoms with Crippen molar-refractivity contribution in [2.24, 2.45) is 0 Å². The van der Waals surface area contributed by atoms with Crippen LogP contribution in [-0.4, -0.2) is 11.6 Å². The Labute approximate surface area is 124 Å². The first-order chi connectivity index (χ1) is 10.1. The number of hydrogen-bond acceptors (Lipinski definition) is 2. The third kappa shape index (κ3) is 2.97. The van der Waals surface area contributed by atoms with E-state index >= 15 is 0 Å². The van der Waals surface area contributed by atoms with Crippen molar-refractivity contribution in [3.8, 4) is 5.75 Å². The second-order valence-corrected chi connectivity index (χ2v) is 5.19. The van der Waals surface area contributed by atoms with Gasteiger partial charge in [0.15, 0.2) is 17.3 Å². The summed E-state index contributed by atoms with van der Waals surface area (Å²) in [5.41, 5.74) is 0.975. The molecule has 21 heavy (non-hydrogen) atoms. The Balaban J connectivity index is 2.67. The maximum Gasteiger partial charge on any atom is 0.187 e.